The molecule has 1 atom stereocenters. The van der Waals surface area contributed by atoms with Crippen molar-refractivity contribution in [3.05, 3.63) is 0 Å². The molecule has 0 rings (SSSR count). The molecular weight excluding hydrogens is 389 g/mol. The summed E-state index contributed by atoms with van der Waals surface area (Å²) in [6, 6.07) is 0. The van der Waals surface area contributed by atoms with E-state index in [1.807, 2.05) is 0 Å². The summed E-state index contributed by atoms with van der Waals surface area (Å²) in [5.41, 5.74) is 5.89. The molecule has 0 heterocycles. The van der Waals surface area contributed by atoms with Gasteiger partial charge in [0.1, 0.15) is 0 Å². The lowest BCUT2D eigenvalue weighted by molar-refractivity contribution is 0.246. The van der Waals surface area contributed by atoms with Crippen LogP contribution in [0.5, 0.6) is 0 Å². The minimum Gasteiger partial charge on any atom is -0.396 e. The van der Waals surface area contributed by atoms with E-state index in [4.69, 9.17) is 10.8 Å². The monoisotopic (exact) mass is 427 g/mol. The third-order valence-electron chi connectivity index (χ3n) is 3.70. The van der Waals surface area contributed by atoms with Crippen LogP contribution in [0.1, 0.15) is 72.1 Å². The highest BCUT2D eigenvalue weighted by Gasteiger charge is 2.10. The average molecular weight is 427 g/mol. The standard InChI is InChI=1S/C17H37N3O.HI/c1-4-5-6-7-8-9-11-19-17(18)20-14-16(10-12-21)13-15(2)3;/h15-16,21H,4-14H2,1-3H3,(H3,18,19,20);1H. The Morgan fingerprint density at radius 3 is 2.36 bits per heavy atom. The smallest absolute Gasteiger partial charge is 0.188 e. The highest BCUT2D eigenvalue weighted by molar-refractivity contribution is 14.0. The van der Waals surface area contributed by atoms with Gasteiger partial charge in [-0.2, -0.15) is 0 Å². The fourth-order valence-corrected chi connectivity index (χ4v) is 2.54. The third kappa shape index (κ3) is 16.3. The second-order valence-corrected chi connectivity index (χ2v) is 6.43. The molecule has 22 heavy (non-hydrogen) atoms. The first-order valence-electron chi connectivity index (χ1n) is 8.74. The van der Waals surface area contributed by atoms with Crippen LogP contribution in [0.25, 0.3) is 0 Å². The molecule has 1 unspecified atom stereocenters. The van der Waals surface area contributed by atoms with Crippen LogP contribution in [0.3, 0.4) is 0 Å². The number of rotatable bonds is 13. The average Bonchev–Trinajstić information content (AvgIpc) is 2.43. The number of halogens is 1. The molecule has 5 heteroatoms. The molecule has 0 amide bonds. The van der Waals surface area contributed by atoms with Gasteiger partial charge in [0.25, 0.3) is 0 Å². The summed E-state index contributed by atoms with van der Waals surface area (Å²) >= 11 is 0. The Labute approximate surface area is 154 Å². The van der Waals surface area contributed by atoms with Crippen molar-refractivity contribution in [3.8, 4) is 0 Å². The Morgan fingerprint density at radius 1 is 1.14 bits per heavy atom. The number of hydrogen-bond donors (Lipinski definition) is 3. The zero-order valence-electron chi connectivity index (χ0n) is 14.8. The summed E-state index contributed by atoms with van der Waals surface area (Å²) in [5.74, 6) is 1.62. The van der Waals surface area contributed by atoms with Crippen molar-refractivity contribution < 1.29 is 5.11 Å². The molecule has 134 valence electrons. The van der Waals surface area contributed by atoms with Crippen molar-refractivity contribution in [3.63, 3.8) is 0 Å². The summed E-state index contributed by atoms with van der Waals surface area (Å²) in [6.07, 6.45) is 9.63. The maximum atomic E-state index is 9.08. The lowest BCUT2D eigenvalue weighted by atomic mass is 9.94. The molecule has 0 aromatic heterocycles. The van der Waals surface area contributed by atoms with Gasteiger partial charge in [0.2, 0.25) is 0 Å². The van der Waals surface area contributed by atoms with E-state index in [9.17, 15) is 0 Å². The van der Waals surface area contributed by atoms with Gasteiger partial charge in [-0.3, -0.25) is 4.99 Å². The SMILES string of the molecule is CCCCCCCCNC(N)=NCC(CCO)CC(C)C.I. The lowest BCUT2D eigenvalue weighted by Crippen LogP contribution is -2.33. The van der Waals surface area contributed by atoms with Gasteiger partial charge in [0.15, 0.2) is 5.96 Å². The first-order valence-corrected chi connectivity index (χ1v) is 8.74. The van der Waals surface area contributed by atoms with E-state index in [2.05, 4.69) is 31.1 Å². The molecule has 0 aliphatic rings. The van der Waals surface area contributed by atoms with Gasteiger partial charge in [-0.25, -0.2) is 0 Å². The van der Waals surface area contributed by atoms with Gasteiger partial charge in [-0.05, 0) is 31.1 Å². The number of nitrogens with two attached hydrogens (primary N) is 1. The largest absolute Gasteiger partial charge is 0.396 e. The molecule has 4 nitrogen and oxygen atoms in total. The number of aliphatic hydroxyl groups is 1. The maximum absolute atomic E-state index is 9.08. The van der Waals surface area contributed by atoms with Crippen LogP contribution in [-0.4, -0.2) is 30.8 Å². The van der Waals surface area contributed by atoms with Crippen molar-refractivity contribution >= 4 is 29.9 Å². The van der Waals surface area contributed by atoms with E-state index in [-0.39, 0.29) is 30.6 Å². The van der Waals surface area contributed by atoms with Crippen molar-refractivity contribution in [1.29, 1.82) is 0 Å². The highest BCUT2D eigenvalue weighted by atomic mass is 127. The highest BCUT2D eigenvalue weighted by Crippen LogP contribution is 2.15. The van der Waals surface area contributed by atoms with Gasteiger partial charge >= 0.3 is 0 Å². The first kappa shape index (κ1) is 24.2. The molecule has 0 bridgehead atoms. The quantitative estimate of drug-likeness (QED) is 0.181. The van der Waals surface area contributed by atoms with Gasteiger partial charge in [-0.1, -0.05) is 52.9 Å². The predicted octanol–water partition coefficient (Wildman–Crippen LogP) is 3.91. The zero-order chi connectivity index (χ0) is 15.9. The van der Waals surface area contributed by atoms with Crippen LogP contribution in [0.15, 0.2) is 4.99 Å². The van der Waals surface area contributed by atoms with E-state index in [1.54, 1.807) is 0 Å². The van der Waals surface area contributed by atoms with Crippen LogP contribution in [-0.2, 0) is 0 Å². The Kier molecular flexibility index (Phi) is 19.1. The van der Waals surface area contributed by atoms with Crippen LogP contribution in [0.2, 0.25) is 0 Å². The lowest BCUT2D eigenvalue weighted by Gasteiger charge is -2.16. The second kappa shape index (κ2) is 17.3. The molecule has 0 aliphatic carbocycles. The van der Waals surface area contributed by atoms with Gasteiger partial charge in [0, 0.05) is 19.7 Å². The number of nitrogens with one attached hydrogen (secondary N) is 1. The normalized spacial score (nSPS) is 13.0. The Hall–Kier alpha value is -0.0400. The summed E-state index contributed by atoms with van der Waals surface area (Å²) < 4.78 is 0. The van der Waals surface area contributed by atoms with E-state index in [0.29, 0.717) is 24.3 Å². The van der Waals surface area contributed by atoms with Crippen LogP contribution < -0.4 is 11.1 Å². The number of hydrogen-bond acceptors (Lipinski definition) is 2. The molecule has 4 N–H and O–H groups in total. The molecule has 0 saturated carbocycles. The fraction of sp³-hybridized carbons (Fsp3) is 0.941. The summed E-state index contributed by atoms with van der Waals surface area (Å²) in [6.45, 7) is 8.51. The minimum atomic E-state index is 0. The van der Waals surface area contributed by atoms with Crippen molar-refractivity contribution in [1.82, 2.24) is 5.32 Å². The summed E-state index contributed by atoms with van der Waals surface area (Å²) in [7, 11) is 0. The molecule has 0 aromatic carbocycles. The summed E-state index contributed by atoms with van der Waals surface area (Å²) in [4.78, 5) is 4.42. The maximum Gasteiger partial charge on any atom is 0.188 e. The van der Waals surface area contributed by atoms with Gasteiger partial charge in [0.05, 0.1) is 0 Å². The molecule has 0 radical (unpaired) electrons. The molecule has 0 aromatic rings. The van der Waals surface area contributed by atoms with E-state index in [0.717, 1.165) is 25.8 Å². The molecule has 0 fully saturated rings. The third-order valence-corrected chi connectivity index (χ3v) is 3.70. The van der Waals surface area contributed by atoms with Crippen molar-refractivity contribution in [2.75, 3.05) is 19.7 Å². The molecule has 0 spiro atoms. The number of nitrogens with zero attached hydrogens (tertiary/aromatic N) is 1. The zero-order valence-corrected chi connectivity index (χ0v) is 17.1. The van der Waals surface area contributed by atoms with Gasteiger partial charge in [-0.15, -0.1) is 24.0 Å². The first-order chi connectivity index (χ1) is 10.1. The molecular formula is C17H38IN3O. The van der Waals surface area contributed by atoms with Crippen molar-refractivity contribution in [2.45, 2.75) is 72.1 Å². The molecule has 0 saturated heterocycles. The Bertz CT molecular complexity index is 260. The van der Waals surface area contributed by atoms with Crippen LogP contribution in [0.4, 0.5) is 0 Å². The Balaban J connectivity index is 0. The number of guanidine groups is 1. The second-order valence-electron chi connectivity index (χ2n) is 6.43. The van der Waals surface area contributed by atoms with E-state index >= 15 is 0 Å². The fourth-order valence-electron chi connectivity index (χ4n) is 2.54. The number of aliphatic hydroxyl groups excluding tert-OH is 1. The predicted molar refractivity (Wildman–Crippen MR) is 108 cm³/mol. The topological polar surface area (TPSA) is 70.6 Å². The number of unbranched alkanes of at least 4 members (excludes halogenated alkanes) is 5. The van der Waals surface area contributed by atoms with E-state index in [1.165, 1.54) is 32.1 Å². The van der Waals surface area contributed by atoms with E-state index < -0.39 is 0 Å². The molecule has 0 aliphatic heterocycles. The van der Waals surface area contributed by atoms with Crippen molar-refractivity contribution in [2.24, 2.45) is 22.6 Å². The minimum absolute atomic E-state index is 0. The Morgan fingerprint density at radius 2 is 1.77 bits per heavy atom. The number of aliphatic imine (C=N–C) groups is 1. The van der Waals surface area contributed by atoms with Crippen LogP contribution in [0, 0.1) is 11.8 Å². The van der Waals surface area contributed by atoms with Gasteiger partial charge < -0.3 is 16.2 Å². The van der Waals surface area contributed by atoms with Crippen LogP contribution >= 0.6 is 24.0 Å². The summed E-state index contributed by atoms with van der Waals surface area (Å²) in [5, 5.41) is 12.3.